The van der Waals surface area contributed by atoms with Gasteiger partial charge < -0.3 is 22.9 Å². The van der Waals surface area contributed by atoms with Gasteiger partial charge in [0.15, 0.2) is 37.2 Å². The van der Waals surface area contributed by atoms with Crippen LogP contribution in [0.4, 0.5) is 0 Å². The second kappa shape index (κ2) is 10.7. The molecule has 0 spiro atoms. The first-order valence-electron chi connectivity index (χ1n) is 11.1. The van der Waals surface area contributed by atoms with Gasteiger partial charge in [-0.2, -0.15) is 0 Å². The number of esters is 1. The minimum absolute atomic E-state index is 0.345. The summed E-state index contributed by atoms with van der Waals surface area (Å²) in [5, 5.41) is 4.16. The van der Waals surface area contributed by atoms with Crippen molar-refractivity contribution in [3.63, 3.8) is 0 Å². The smallest absolute Gasteiger partial charge is 0.337 e. The average Bonchev–Trinajstić information content (AvgIpc) is 2.90. The van der Waals surface area contributed by atoms with Crippen LogP contribution >= 0.6 is 0 Å². The van der Waals surface area contributed by atoms with Crippen LogP contribution < -0.4 is 0 Å². The Kier molecular flexibility index (Phi) is 9.05. The first-order chi connectivity index (χ1) is 14.6. The zero-order valence-electron chi connectivity index (χ0n) is 20.9. The molecule has 0 bridgehead atoms. The predicted molar refractivity (Wildman–Crippen MR) is 134 cm³/mol. The van der Waals surface area contributed by atoms with Gasteiger partial charge in [0, 0.05) is 0 Å². The highest BCUT2D eigenvalue weighted by Gasteiger charge is 2.53. The summed E-state index contributed by atoms with van der Waals surface area (Å²) < 4.78 is 24.8. The van der Waals surface area contributed by atoms with Gasteiger partial charge in [-0.05, 0) is 64.5 Å². The molecule has 10 heteroatoms. The Morgan fingerprint density at radius 2 is 1.53 bits per heavy atom. The summed E-state index contributed by atoms with van der Waals surface area (Å²) in [5.41, 5.74) is 1.02. The molecule has 7 nitrogen and oxygen atoms in total. The minimum atomic E-state index is -2.02. The van der Waals surface area contributed by atoms with Crippen molar-refractivity contribution < 1.29 is 27.6 Å². The van der Waals surface area contributed by atoms with Crippen molar-refractivity contribution in [2.45, 2.75) is 89.9 Å². The van der Waals surface area contributed by atoms with Gasteiger partial charge in [0.05, 0.1) is 6.21 Å². The Hall–Kier alpha value is -1.31. The number of ether oxygens (including phenoxy) is 1. The zero-order valence-corrected chi connectivity index (χ0v) is 23.9. The van der Waals surface area contributed by atoms with Crippen LogP contribution in [0.1, 0.15) is 5.56 Å². The largest absolute Gasteiger partial charge is 0.454 e. The highest BCUT2D eigenvalue weighted by atomic mass is 28.4. The molecule has 0 saturated carbocycles. The minimum Gasteiger partial charge on any atom is -0.454 e. The number of benzene rings is 1. The van der Waals surface area contributed by atoms with Crippen LogP contribution in [-0.4, -0.2) is 61.6 Å². The maximum Gasteiger partial charge on any atom is 0.337 e. The summed E-state index contributed by atoms with van der Waals surface area (Å²) in [6.45, 7) is 19.0. The lowest BCUT2D eigenvalue weighted by Gasteiger charge is -2.34. The molecule has 0 aromatic heterocycles. The Balaban J connectivity index is 2.25. The van der Waals surface area contributed by atoms with Crippen molar-refractivity contribution in [1.82, 2.24) is 0 Å². The molecule has 1 aromatic rings. The summed E-state index contributed by atoms with van der Waals surface area (Å²) in [7, 11) is -6.04. The summed E-state index contributed by atoms with van der Waals surface area (Å²) in [6, 6.07) is 9.81. The normalized spacial score (nSPS) is 23.4. The summed E-state index contributed by atoms with van der Waals surface area (Å²) >= 11 is 0. The SMILES string of the molecule is C[Si](C)(C)OC(C=NOCc1ccccc1)C1OC(=O)C(O[Si](C)(C)C)C1O[Si](C)(C)C. The third-order valence-corrected chi connectivity index (χ3v) is 7.17. The highest BCUT2D eigenvalue weighted by molar-refractivity contribution is 6.70. The van der Waals surface area contributed by atoms with Gasteiger partial charge in [0.2, 0.25) is 0 Å². The molecule has 1 heterocycles. The fourth-order valence-electron chi connectivity index (χ4n) is 3.24. The number of cyclic esters (lactones) is 1. The van der Waals surface area contributed by atoms with E-state index in [0.717, 1.165) is 5.56 Å². The van der Waals surface area contributed by atoms with Crippen LogP contribution in [0, 0.1) is 0 Å². The Labute approximate surface area is 195 Å². The number of carbonyl (C=O) groups excluding carboxylic acids is 1. The predicted octanol–water partition coefficient (Wildman–Crippen LogP) is 4.77. The van der Waals surface area contributed by atoms with Gasteiger partial charge in [0.1, 0.15) is 18.8 Å². The Bertz CT molecular complexity index is 771. The van der Waals surface area contributed by atoms with Gasteiger partial charge in [0.25, 0.3) is 0 Å². The van der Waals surface area contributed by atoms with E-state index in [1.807, 2.05) is 50.0 Å². The Morgan fingerprint density at radius 1 is 0.938 bits per heavy atom. The monoisotopic (exact) mass is 497 g/mol. The van der Waals surface area contributed by atoms with Crippen molar-refractivity contribution in [1.29, 1.82) is 0 Å². The standard InChI is InChI=1S/C22H39NO6Si3/c1-30(2,3)27-18(15-23-25-16-17-13-11-10-12-14-17)19-20(28-31(4,5)6)21(22(24)26-19)29-32(7,8)9/h10-15,18-21H,16H2,1-9H3. The van der Waals surface area contributed by atoms with Gasteiger partial charge in [-0.15, -0.1) is 0 Å². The molecule has 4 unspecified atom stereocenters. The third kappa shape index (κ3) is 9.28. The van der Waals surface area contributed by atoms with Crippen LogP contribution in [0.3, 0.4) is 0 Å². The number of hydrogen-bond acceptors (Lipinski definition) is 7. The van der Waals surface area contributed by atoms with Gasteiger partial charge in [-0.3, -0.25) is 0 Å². The van der Waals surface area contributed by atoms with Crippen LogP contribution in [0.25, 0.3) is 0 Å². The fourth-order valence-corrected chi connectivity index (χ4v) is 6.32. The number of carbonyl (C=O) groups is 1. The number of oxime groups is 1. The zero-order chi connectivity index (χ0) is 24.2. The molecule has 180 valence electrons. The summed E-state index contributed by atoms with van der Waals surface area (Å²) in [6.07, 6.45) is -0.951. The van der Waals surface area contributed by atoms with E-state index in [1.54, 1.807) is 6.21 Å². The lowest BCUT2D eigenvalue weighted by Crippen LogP contribution is -2.52. The van der Waals surface area contributed by atoms with Crippen molar-refractivity contribution in [2.24, 2.45) is 5.16 Å². The van der Waals surface area contributed by atoms with Crippen LogP contribution in [0.5, 0.6) is 0 Å². The fraction of sp³-hybridized carbons (Fsp3) is 0.636. The lowest BCUT2D eigenvalue weighted by molar-refractivity contribution is -0.148. The van der Waals surface area contributed by atoms with Crippen molar-refractivity contribution >= 4 is 37.1 Å². The molecular weight excluding hydrogens is 459 g/mol. The van der Waals surface area contributed by atoms with E-state index in [4.69, 9.17) is 22.9 Å². The van der Waals surface area contributed by atoms with Crippen molar-refractivity contribution in [3.8, 4) is 0 Å². The Morgan fingerprint density at radius 3 is 2.06 bits per heavy atom. The van der Waals surface area contributed by atoms with Crippen LogP contribution in [0.15, 0.2) is 35.5 Å². The molecule has 1 fully saturated rings. The van der Waals surface area contributed by atoms with Crippen molar-refractivity contribution in [2.75, 3.05) is 0 Å². The molecule has 1 saturated heterocycles. The van der Waals surface area contributed by atoms with E-state index in [0.29, 0.717) is 6.61 Å². The number of hydrogen-bond donors (Lipinski definition) is 0. The van der Waals surface area contributed by atoms with E-state index in [-0.39, 0.29) is 0 Å². The third-order valence-electron chi connectivity index (χ3n) is 4.25. The number of nitrogens with zero attached hydrogens (tertiary/aromatic N) is 1. The van der Waals surface area contributed by atoms with Crippen LogP contribution in [0.2, 0.25) is 58.9 Å². The molecule has 1 aliphatic heterocycles. The molecule has 2 rings (SSSR count). The number of rotatable bonds is 11. The van der Waals surface area contributed by atoms with Gasteiger partial charge in [-0.25, -0.2) is 4.79 Å². The molecule has 32 heavy (non-hydrogen) atoms. The topological polar surface area (TPSA) is 75.6 Å². The molecule has 1 aromatic carbocycles. The molecule has 0 radical (unpaired) electrons. The highest BCUT2D eigenvalue weighted by Crippen LogP contribution is 2.31. The van der Waals surface area contributed by atoms with Gasteiger partial charge >= 0.3 is 5.97 Å². The second-order valence-corrected chi connectivity index (χ2v) is 24.3. The van der Waals surface area contributed by atoms with Crippen LogP contribution in [-0.2, 0) is 34.3 Å². The van der Waals surface area contributed by atoms with Crippen molar-refractivity contribution in [3.05, 3.63) is 35.9 Å². The molecule has 0 aliphatic carbocycles. The van der Waals surface area contributed by atoms with E-state index in [1.165, 1.54) is 0 Å². The molecular formula is C22H39NO6Si3. The summed E-state index contributed by atoms with van der Waals surface area (Å²) in [5.74, 6) is -0.400. The van der Waals surface area contributed by atoms with E-state index in [9.17, 15) is 4.79 Å². The quantitative estimate of drug-likeness (QED) is 0.190. The van der Waals surface area contributed by atoms with E-state index >= 15 is 0 Å². The molecule has 0 amide bonds. The molecule has 4 atom stereocenters. The van der Waals surface area contributed by atoms with E-state index in [2.05, 4.69) is 44.4 Å². The average molecular weight is 498 g/mol. The first kappa shape index (κ1) is 26.9. The first-order valence-corrected chi connectivity index (χ1v) is 21.3. The van der Waals surface area contributed by atoms with Gasteiger partial charge in [-0.1, -0.05) is 35.5 Å². The molecule has 1 aliphatic rings. The molecule has 0 N–H and O–H groups in total. The lowest BCUT2D eigenvalue weighted by atomic mass is 10.1. The maximum atomic E-state index is 12.8. The second-order valence-electron chi connectivity index (χ2n) is 11.0. The van der Waals surface area contributed by atoms with E-state index < -0.39 is 55.3 Å². The maximum absolute atomic E-state index is 12.8. The summed E-state index contributed by atoms with van der Waals surface area (Å²) in [4.78, 5) is 18.3.